The maximum Gasteiger partial charge on any atom is 0.0703 e. The van der Waals surface area contributed by atoms with Crippen molar-refractivity contribution in [2.24, 2.45) is 11.3 Å². The van der Waals surface area contributed by atoms with E-state index >= 15 is 0 Å². The molecule has 0 bridgehead atoms. The predicted octanol–water partition coefficient (Wildman–Crippen LogP) is 2.35. The molecule has 0 aromatic heterocycles. The summed E-state index contributed by atoms with van der Waals surface area (Å²) >= 11 is 0. The Balaban J connectivity index is 2.06. The maximum atomic E-state index is 10.6. The van der Waals surface area contributed by atoms with Gasteiger partial charge in [-0.1, -0.05) is 20.3 Å². The lowest BCUT2D eigenvalue weighted by atomic mass is 9.65. The van der Waals surface area contributed by atoms with Crippen molar-refractivity contribution in [3.63, 3.8) is 0 Å². The van der Waals surface area contributed by atoms with Gasteiger partial charge in [0.1, 0.15) is 0 Å². The number of ether oxygens (including phenoxy) is 1. The van der Waals surface area contributed by atoms with Crippen molar-refractivity contribution < 1.29 is 9.84 Å². The summed E-state index contributed by atoms with van der Waals surface area (Å²) in [5, 5.41) is 10.6. The van der Waals surface area contributed by atoms with Crippen LogP contribution in [-0.4, -0.2) is 23.9 Å². The van der Waals surface area contributed by atoms with Crippen LogP contribution in [0.25, 0.3) is 0 Å². The SMILES string of the molecule is CC1(C)CCCC(O)(C2CCOC2)C1. The van der Waals surface area contributed by atoms with E-state index in [1.165, 1.54) is 12.8 Å². The van der Waals surface area contributed by atoms with E-state index in [1.54, 1.807) is 0 Å². The molecule has 1 N–H and O–H groups in total. The van der Waals surface area contributed by atoms with Crippen molar-refractivity contribution >= 4 is 0 Å². The Hall–Kier alpha value is -0.0800. The van der Waals surface area contributed by atoms with Crippen LogP contribution in [0.5, 0.6) is 0 Å². The van der Waals surface area contributed by atoms with Gasteiger partial charge in [-0.15, -0.1) is 0 Å². The second kappa shape index (κ2) is 3.49. The summed E-state index contributed by atoms with van der Waals surface area (Å²) in [7, 11) is 0. The van der Waals surface area contributed by atoms with Crippen molar-refractivity contribution in [3.05, 3.63) is 0 Å². The van der Waals surface area contributed by atoms with Crippen LogP contribution in [0.3, 0.4) is 0 Å². The van der Waals surface area contributed by atoms with Crippen LogP contribution < -0.4 is 0 Å². The summed E-state index contributed by atoms with van der Waals surface area (Å²) in [6, 6.07) is 0. The van der Waals surface area contributed by atoms with Gasteiger partial charge in [0.2, 0.25) is 0 Å². The molecule has 0 aromatic carbocycles. The highest BCUT2D eigenvalue weighted by molar-refractivity contribution is 4.96. The highest BCUT2D eigenvalue weighted by Crippen LogP contribution is 2.46. The molecule has 2 atom stereocenters. The minimum absolute atomic E-state index is 0.315. The van der Waals surface area contributed by atoms with Crippen LogP contribution >= 0.6 is 0 Å². The van der Waals surface area contributed by atoms with Crippen molar-refractivity contribution in [2.45, 2.75) is 51.6 Å². The molecule has 2 fully saturated rings. The molecule has 2 aliphatic rings. The Kier molecular flexibility index (Phi) is 2.61. The number of hydrogen-bond acceptors (Lipinski definition) is 2. The fourth-order valence-electron chi connectivity index (χ4n) is 3.19. The quantitative estimate of drug-likeness (QED) is 0.701. The summed E-state index contributed by atoms with van der Waals surface area (Å²) in [6.45, 7) is 6.15. The largest absolute Gasteiger partial charge is 0.389 e. The summed E-state index contributed by atoms with van der Waals surface area (Å²) in [5.41, 5.74) is -0.117. The van der Waals surface area contributed by atoms with Crippen molar-refractivity contribution in [1.82, 2.24) is 0 Å². The molecule has 0 amide bonds. The normalized spacial score (nSPS) is 42.6. The Morgan fingerprint density at radius 2 is 2.07 bits per heavy atom. The average Bonchev–Trinajstić information content (AvgIpc) is 2.52. The standard InChI is InChI=1S/C12H22O2/c1-11(2)5-3-6-12(13,9-11)10-4-7-14-8-10/h10,13H,3-9H2,1-2H3. The predicted molar refractivity (Wildman–Crippen MR) is 56.1 cm³/mol. The first kappa shape index (κ1) is 10.4. The molecule has 2 heteroatoms. The Bertz CT molecular complexity index is 206. The van der Waals surface area contributed by atoms with Crippen LogP contribution in [0.15, 0.2) is 0 Å². The Morgan fingerprint density at radius 3 is 2.64 bits per heavy atom. The molecule has 2 rings (SSSR count). The molecule has 1 aliphatic heterocycles. The number of aliphatic hydroxyl groups is 1. The molecule has 2 unspecified atom stereocenters. The second-order valence-corrected chi connectivity index (χ2v) is 5.86. The highest BCUT2D eigenvalue weighted by atomic mass is 16.5. The first-order chi connectivity index (χ1) is 6.52. The maximum absolute atomic E-state index is 10.6. The molecule has 1 aliphatic carbocycles. The van der Waals surface area contributed by atoms with E-state index in [1.807, 2.05) is 0 Å². The van der Waals surface area contributed by atoms with Gasteiger partial charge in [0.05, 0.1) is 12.2 Å². The van der Waals surface area contributed by atoms with Gasteiger partial charge in [0.15, 0.2) is 0 Å². The highest BCUT2D eigenvalue weighted by Gasteiger charge is 2.44. The second-order valence-electron chi connectivity index (χ2n) is 5.86. The van der Waals surface area contributed by atoms with Crippen LogP contribution in [0.2, 0.25) is 0 Å². The first-order valence-corrected chi connectivity index (χ1v) is 5.82. The fourth-order valence-corrected chi connectivity index (χ4v) is 3.19. The van der Waals surface area contributed by atoms with Crippen molar-refractivity contribution in [2.75, 3.05) is 13.2 Å². The van der Waals surface area contributed by atoms with Gasteiger partial charge in [-0.3, -0.25) is 0 Å². The Labute approximate surface area is 86.6 Å². The van der Waals surface area contributed by atoms with Gasteiger partial charge in [-0.2, -0.15) is 0 Å². The molecule has 0 radical (unpaired) electrons. The van der Waals surface area contributed by atoms with E-state index in [0.29, 0.717) is 11.3 Å². The van der Waals surface area contributed by atoms with Gasteiger partial charge in [-0.25, -0.2) is 0 Å². The van der Waals surface area contributed by atoms with Gasteiger partial charge >= 0.3 is 0 Å². The summed E-state index contributed by atoms with van der Waals surface area (Å²) in [4.78, 5) is 0. The van der Waals surface area contributed by atoms with Gasteiger partial charge < -0.3 is 9.84 Å². The minimum atomic E-state index is -0.432. The zero-order valence-electron chi connectivity index (χ0n) is 9.38. The summed E-state index contributed by atoms with van der Waals surface area (Å²) in [5.74, 6) is 0.391. The fraction of sp³-hybridized carbons (Fsp3) is 1.00. The lowest BCUT2D eigenvalue weighted by molar-refractivity contribution is -0.0837. The zero-order chi connectivity index (χ0) is 10.2. The average molecular weight is 198 g/mol. The smallest absolute Gasteiger partial charge is 0.0703 e. The van der Waals surface area contributed by atoms with Gasteiger partial charge in [0.25, 0.3) is 0 Å². The lowest BCUT2D eigenvalue weighted by Gasteiger charge is -2.44. The molecule has 0 aromatic rings. The van der Waals surface area contributed by atoms with Crippen LogP contribution in [0, 0.1) is 11.3 Å². The van der Waals surface area contributed by atoms with E-state index in [2.05, 4.69) is 13.8 Å². The molecule has 1 saturated carbocycles. The van der Waals surface area contributed by atoms with Crippen molar-refractivity contribution in [3.8, 4) is 0 Å². The van der Waals surface area contributed by atoms with E-state index in [4.69, 9.17) is 4.74 Å². The monoisotopic (exact) mass is 198 g/mol. The molecule has 1 saturated heterocycles. The third-order valence-corrected chi connectivity index (χ3v) is 3.94. The van der Waals surface area contributed by atoms with Crippen LogP contribution in [0.1, 0.15) is 46.0 Å². The topological polar surface area (TPSA) is 29.5 Å². The summed E-state index contributed by atoms with van der Waals surface area (Å²) in [6.07, 6.45) is 5.40. The van der Waals surface area contributed by atoms with Gasteiger partial charge in [0, 0.05) is 12.5 Å². The molecule has 82 valence electrons. The third-order valence-electron chi connectivity index (χ3n) is 3.94. The molecular formula is C12H22O2. The van der Waals surface area contributed by atoms with Gasteiger partial charge in [-0.05, 0) is 31.1 Å². The van der Waals surface area contributed by atoms with Crippen LogP contribution in [0.4, 0.5) is 0 Å². The van der Waals surface area contributed by atoms with Crippen LogP contribution in [-0.2, 0) is 4.74 Å². The lowest BCUT2D eigenvalue weighted by Crippen LogP contribution is -2.45. The zero-order valence-corrected chi connectivity index (χ0v) is 9.38. The number of rotatable bonds is 1. The van der Waals surface area contributed by atoms with E-state index < -0.39 is 5.60 Å². The number of hydrogen-bond donors (Lipinski definition) is 1. The molecular weight excluding hydrogens is 176 g/mol. The third kappa shape index (κ3) is 1.96. The Morgan fingerprint density at radius 1 is 1.29 bits per heavy atom. The molecule has 14 heavy (non-hydrogen) atoms. The molecule has 0 spiro atoms. The minimum Gasteiger partial charge on any atom is -0.389 e. The van der Waals surface area contributed by atoms with E-state index in [0.717, 1.165) is 32.5 Å². The summed E-state index contributed by atoms with van der Waals surface area (Å²) < 4.78 is 5.38. The first-order valence-electron chi connectivity index (χ1n) is 5.82. The van der Waals surface area contributed by atoms with E-state index in [9.17, 15) is 5.11 Å². The molecule has 1 heterocycles. The molecule has 2 nitrogen and oxygen atoms in total. The van der Waals surface area contributed by atoms with Crippen molar-refractivity contribution in [1.29, 1.82) is 0 Å². The van der Waals surface area contributed by atoms with E-state index in [-0.39, 0.29) is 0 Å².